The molecule has 0 aliphatic rings. The van der Waals surface area contributed by atoms with Crippen molar-refractivity contribution in [3.05, 3.63) is 82.3 Å². The summed E-state index contributed by atoms with van der Waals surface area (Å²) in [5.41, 5.74) is 0.763. The highest BCUT2D eigenvalue weighted by Crippen LogP contribution is 2.09. The fraction of sp³-hybridized carbons (Fsp3) is 0.211. The van der Waals surface area contributed by atoms with Gasteiger partial charge < -0.3 is 5.32 Å². The third-order valence-corrected chi connectivity index (χ3v) is 4.04. The third-order valence-electron chi connectivity index (χ3n) is 4.04. The van der Waals surface area contributed by atoms with E-state index in [1.54, 1.807) is 30.1 Å². The van der Waals surface area contributed by atoms with Gasteiger partial charge in [0.1, 0.15) is 11.4 Å². The van der Waals surface area contributed by atoms with Crippen LogP contribution in [-0.2, 0) is 6.54 Å². The van der Waals surface area contributed by atoms with Crippen molar-refractivity contribution in [2.75, 3.05) is 6.54 Å². The molecule has 134 valence electrons. The Morgan fingerprint density at radius 2 is 1.96 bits per heavy atom. The van der Waals surface area contributed by atoms with Crippen LogP contribution in [-0.4, -0.2) is 26.8 Å². The minimum Gasteiger partial charge on any atom is -0.352 e. The Bertz CT molecular complexity index is 947. The van der Waals surface area contributed by atoms with E-state index in [4.69, 9.17) is 0 Å². The molecule has 2 heterocycles. The van der Waals surface area contributed by atoms with Crippen LogP contribution in [0.25, 0.3) is 5.69 Å². The zero-order valence-corrected chi connectivity index (χ0v) is 14.4. The molecule has 1 aromatic carbocycles. The molecule has 0 radical (unpaired) electrons. The summed E-state index contributed by atoms with van der Waals surface area (Å²) in [6, 6.07) is 9.08. The van der Waals surface area contributed by atoms with Gasteiger partial charge in [0.2, 0.25) is 0 Å². The van der Waals surface area contributed by atoms with E-state index in [0.717, 1.165) is 0 Å². The Kier molecular flexibility index (Phi) is 5.26. The van der Waals surface area contributed by atoms with Crippen molar-refractivity contribution in [1.29, 1.82) is 0 Å². The number of amides is 1. The van der Waals surface area contributed by atoms with E-state index in [9.17, 15) is 14.0 Å². The van der Waals surface area contributed by atoms with E-state index in [1.807, 2.05) is 12.3 Å². The summed E-state index contributed by atoms with van der Waals surface area (Å²) in [5, 5.41) is 6.87. The number of nitrogens with zero attached hydrogens (tertiary/aromatic N) is 3. The van der Waals surface area contributed by atoms with Crippen LogP contribution in [0.3, 0.4) is 0 Å². The number of aryl methyl sites for hydroxylation is 2. The topological polar surface area (TPSA) is 68.9 Å². The average molecular weight is 354 g/mol. The molecule has 0 bridgehead atoms. The zero-order valence-electron chi connectivity index (χ0n) is 14.4. The van der Waals surface area contributed by atoms with Gasteiger partial charge in [-0.05, 0) is 55.3 Å². The molecule has 0 fully saturated rings. The summed E-state index contributed by atoms with van der Waals surface area (Å²) >= 11 is 0. The van der Waals surface area contributed by atoms with Crippen molar-refractivity contribution < 1.29 is 9.18 Å². The monoisotopic (exact) mass is 354 g/mol. The molecule has 1 N–H and O–H groups in total. The second-order valence-electron chi connectivity index (χ2n) is 5.90. The van der Waals surface area contributed by atoms with Crippen LogP contribution in [0.2, 0.25) is 0 Å². The number of pyridine rings is 1. The fourth-order valence-electron chi connectivity index (χ4n) is 2.67. The van der Waals surface area contributed by atoms with Gasteiger partial charge in [-0.25, -0.2) is 4.39 Å². The number of carbonyl (C=O) groups excluding carboxylic acids is 1. The van der Waals surface area contributed by atoms with Gasteiger partial charge in [-0.3, -0.25) is 18.8 Å². The van der Waals surface area contributed by atoms with E-state index in [2.05, 4.69) is 10.4 Å². The van der Waals surface area contributed by atoms with Gasteiger partial charge in [0.25, 0.3) is 11.5 Å². The molecule has 0 saturated carbocycles. The van der Waals surface area contributed by atoms with Crippen molar-refractivity contribution >= 4 is 5.91 Å². The van der Waals surface area contributed by atoms with E-state index in [0.29, 0.717) is 30.8 Å². The van der Waals surface area contributed by atoms with E-state index < -0.39 is 11.5 Å². The van der Waals surface area contributed by atoms with Gasteiger partial charge in [0.15, 0.2) is 0 Å². The van der Waals surface area contributed by atoms with Crippen LogP contribution in [0.15, 0.2) is 59.8 Å². The molecule has 1 amide bonds. The Morgan fingerprint density at radius 1 is 1.19 bits per heavy atom. The lowest BCUT2D eigenvalue weighted by Crippen LogP contribution is -2.34. The van der Waals surface area contributed by atoms with Crippen LogP contribution in [0.1, 0.15) is 22.3 Å². The maximum atomic E-state index is 13.1. The van der Waals surface area contributed by atoms with Crippen LogP contribution >= 0.6 is 0 Å². The van der Waals surface area contributed by atoms with E-state index >= 15 is 0 Å². The Balaban J connectivity index is 1.74. The van der Waals surface area contributed by atoms with Gasteiger partial charge >= 0.3 is 0 Å². The summed E-state index contributed by atoms with van der Waals surface area (Å²) in [7, 11) is 0. The third kappa shape index (κ3) is 3.88. The molecule has 0 unspecified atom stereocenters. The summed E-state index contributed by atoms with van der Waals surface area (Å²) in [6.45, 7) is 2.83. The number of benzene rings is 1. The SMILES string of the molecule is Cc1ccn(-c2ccc(F)cc2)c(=O)c1C(=O)NCCCn1cccn1. The first-order valence-corrected chi connectivity index (χ1v) is 8.30. The Labute approximate surface area is 149 Å². The predicted molar refractivity (Wildman–Crippen MR) is 95.9 cm³/mol. The highest BCUT2D eigenvalue weighted by molar-refractivity contribution is 5.95. The minimum atomic E-state index is -0.429. The fourth-order valence-corrected chi connectivity index (χ4v) is 2.67. The first-order valence-electron chi connectivity index (χ1n) is 8.30. The Hall–Kier alpha value is -3.22. The molecule has 26 heavy (non-hydrogen) atoms. The molecule has 0 saturated heterocycles. The number of hydrogen-bond donors (Lipinski definition) is 1. The maximum Gasteiger partial charge on any atom is 0.268 e. The van der Waals surface area contributed by atoms with Crippen LogP contribution < -0.4 is 10.9 Å². The van der Waals surface area contributed by atoms with Crippen molar-refractivity contribution in [2.45, 2.75) is 19.9 Å². The maximum absolute atomic E-state index is 13.1. The molecule has 0 atom stereocenters. The quantitative estimate of drug-likeness (QED) is 0.691. The van der Waals surface area contributed by atoms with E-state index in [1.165, 1.54) is 28.8 Å². The summed E-state index contributed by atoms with van der Waals surface area (Å²) in [6.07, 6.45) is 5.83. The molecule has 3 aromatic rings. The van der Waals surface area contributed by atoms with Crippen molar-refractivity contribution in [1.82, 2.24) is 19.7 Å². The second kappa shape index (κ2) is 7.77. The molecule has 3 rings (SSSR count). The van der Waals surface area contributed by atoms with Gasteiger partial charge in [-0.2, -0.15) is 5.10 Å². The summed E-state index contributed by atoms with van der Waals surface area (Å²) < 4.78 is 16.2. The van der Waals surface area contributed by atoms with Crippen molar-refractivity contribution in [2.24, 2.45) is 0 Å². The number of nitrogens with one attached hydrogen (secondary N) is 1. The summed E-state index contributed by atoms with van der Waals surface area (Å²) in [5.74, 6) is -0.798. The van der Waals surface area contributed by atoms with Crippen LogP contribution in [0.4, 0.5) is 4.39 Å². The number of hydrogen-bond acceptors (Lipinski definition) is 3. The molecular weight excluding hydrogens is 335 g/mol. The first kappa shape index (κ1) is 17.6. The highest BCUT2D eigenvalue weighted by atomic mass is 19.1. The average Bonchev–Trinajstić information content (AvgIpc) is 3.13. The smallest absolute Gasteiger partial charge is 0.268 e. The van der Waals surface area contributed by atoms with Gasteiger partial charge in [0.05, 0.1) is 0 Å². The first-order chi connectivity index (χ1) is 12.6. The minimum absolute atomic E-state index is 0.0934. The molecular formula is C19H19FN4O2. The molecule has 2 aromatic heterocycles. The number of rotatable bonds is 6. The number of halogens is 1. The van der Waals surface area contributed by atoms with Crippen LogP contribution in [0, 0.1) is 12.7 Å². The molecule has 0 aliphatic heterocycles. The predicted octanol–water partition coefficient (Wildman–Crippen LogP) is 2.30. The lowest BCUT2D eigenvalue weighted by atomic mass is 10.1. The molecule has 7 heteroatoms. The lowest BCUT2D eigenvalue weighted by molar-refractivity contribution is 0.0950. The normalized spacial score (nSPS) is 10.7. The second-order valence-corrected chi connectivity index (χ2v) is 5.90. The number of carbonyl (C=O) groups is 1. The van der Waals surface area contributed by atoms with Gasteiger partial charge in [0, 0.05) is 37.4 Å². The lowest BCUT2D eigenvalue weighted by Gasteiger charge is -2.11. The largest absolute Gasteiger partial charge is 0.352 e. The van der Waals surface area contributed by atoms with Gasteiger partial charge in [-0.1, -0.05) is 0 Å². The van der Waals surface area contributed by atoms with E-state index in [-0.39, 0.29) is 11.4 Å². The molecule has 0 aliphatic carbocycles. The molecule has 6 nitrogen and oxygen atoms in total. The van der Waals surface area contributed by atoms with Crippen molar-refractivity contribution in [3.63, 3.8) is 0 Å². The standard InChI is InChI=1S/C19H19FN4O2/c1-14-8-13-24(16-6-4-15(20)5-7-16)19(26)17(14)18(25)21-9-2-11-23-12-3-10-22-23/h3-8,10,12-13H,2,9,11H2,1H3,(H,21,25). The molecule has 0 spiro atoms. The van der Waals surface area contributed by atoms with Crippen LogP contribution in [0.5, 0.6) is 0 Å². The van der Waals surface area contributed by atoms with Gasteiger partial charge in [-0.15, -0.1) is 0 Å². The number of aromatic nitrogens is 3. The zero-order chi connectivity index (χ0) is 18.5. The summed E-state index contributed by atoms with van der Waals surface area (Å²) in [4.78, 5) is 25.2. The highest BCUT2D eigenvalue weighted by Gasteiger charge is 2.16. The Morgan fingerprint density at radius 3 is 2.65 bits per heavy atom. The van der Waals surface area contributed by atoms with Crippen molar-refractivity contribution in [3.8, 4) is 5.69 Å².